The molecule has 10 heteroatoms. The van der Waals surface area contributed by atoms with Crippen LogP contribution in [0.2, 0.25) is 5.02 Å². The molecule has 198 valence electrons. The van der Waals surface area contributed by atoms with Gasteiger partial charge in [-0.25, -0.2) is 9.78 Å². The second-order valence-corrected chi connectivity index (χ2v) is 10.8. The van der Waals surface area contributed by atoms with Crippen molar-refractivity contribution >= 4 is 44.9 Å². The van der Waals surface area contributed by atoms with Gasteiger partial charge in [0.2, 0.25) is 0 Å². The molecule has 2 heterocycles. The van der Waals surface area contributed by atoms with Gasteiger partial charge in [-0.3, -0.25) is 4.90 Å². The highest BCUT2D eigenvalue weighted by molar-refractivity contribution is 7.18. The number of rotatable bonds is 8. The topological polar surface area (TPSA) is 87.2 Å². The van der Waals surface area contributed by atoms with Gasteiger partial charge in [0.1, 0.15) is 30.0 Å². The van der Waals surface area contributed by atoms with Crippen LogP contribution in [0.4, 0.5) is 10.5 Å². The summed E-state index contributed by atoms with van der Waals surface area (Å²) in [5.41, 5.74) is 1.61. The fourth-order valence-corrected chi connectivity index (χ4v) is 5.17. The first-order valence-electron chi connectivity index (χ1n) is 12.4. The van der Waals surface area contributed by atoms with Crippen LogP contribution >= 0.6 is 22.9 Å². The lowest BCUT2D eigenvalue weighted by Gasteiger charge is -2.35. The van der Waals surface area contributed by atoms with E-state index in [-0.39, 0.29) is 12.6 Å². The van der Waals surface area contributed by atoms with Crippen molar-refractivity contribution in [2.75, 3.05) is 44.6 Å². The minimum Gasteiger partial charge on any atom is -0.491 e. The van der Waals surface area contributed by atoms with Crippen molar-refractivity contribution in [2.45, 2.75) is 13.0 Å². The maximum Gasteiger partial charge on any atom is 0.321 e. The number of aryl methyl sites for hydroxylation is 1. The van der Waals surface area contributed by atoms with Gasteiger partial charge < -0.3 is 24.8 Å². The summed E-state index contributed by atoms with van der Waals surface area (Å²) in [6, 6.07) is 20.0. The van der Waals surface area contributed by atoms with E-state index in [1.807, 2.05) is 49.4 Å². The van der Waals surface area contributed by atoms with Crippen molar-refractivity contribution in [3.05, 3.63) is 76.8 Å². The molecule has 1 aliphatic rings. The number of β-amino-alcohol motifs (C(OH)–C–C–N with tert-alkyl or cyclic N) is 1. The number of thiazole rings is 1. The van der Waals surface area contributed by atoms with Crippen LogP contribution in [0, 0.1) is 6.92 Å². The predicted molar refractivity (Wildman–Crippen MR) is 151 cm³/mol. The highest BCUT2D eigenvalue weighted by atomic mass is 35.5. The van der Waals surface area contributed by atoms with E-state index in [0.29, 0.717) is 60.7 Å². The van der Waals surface area contributed by atoms with Gasteiger partial charge in [0.15, 0.2) is 0 Å². The number of aliphatic hydroxyl groups is 1. The molecule has 1 fully saturated rings. The van der Waals surface area contributed by atoms with E-state index in [4.69, 9.17) is 21.1 Å². The molecule has 0 unspecified atom stereocenters. The van der Waals surface area contributed by atoms with Crippen LogP contribution in [0.3, 0.4) is 0 Å². The summed E-state index contributed by atoms with van der Waals surface area (Å²) in [6.07, 6.45) is -0.628. The average Bonchev–Trinajstić information content (AvgIpc) is 3.29. The van der Waals surface area contributed by atoms with Gasteiger partial charge in [0.05, 0.1) is 15.2 Å². The third-order valence-corrected chi connectivity index (χ3v) is 7.40. The number of nitrogens with one attached hydrogen (secondary N) is 1. The standard InChI is InChI=1S/C28H29ClN4O4S/c1-19-30-26-16-25(10-11-27(26)38-19)36-18-22(34)17-32-12-14-33(15-13-32)28(35)31-21-4-8-24(9-5-21)37-23-6-2-20(29)3-7-23/h2-11,16,22,34H,12-15,17-18H2,1H3,(H,31,35)/t22-/m1/s1. The summed E-state index contributed by atoms with van der Waals surface area (Å²) in [5.74, 6) is 2.06. The zero-order valence-electron chi connectivity index (χ0n) is 21.0. The fourth-order valence-electron chi connectivity index (χ4n) is 4.24. The summed E-state index contributed by atoms with van der Waals surface area (Å²) < 4.78 is 12.7. The Bertz CT molecular complexity index is 1370. The number of carbonyl (C=O) groups excluding carboxylic acids is 1. The van der Waals surface area contributed by atoms with E-state index < -0.39 is 6.10 Å². The molecule has 0 bridgehead atoms. The average molecular weight is 553 g/mol. The number of carbonyl (C=O) groups is 1. The molecule has 0 radical (unpaired) electrons. The lowest BCUT2D eigenvalue weighted by atomic mass is 10.2. The van der Waals surface area contributed by atoms with Crippen molar-refractivity contribution in [1.82, 2.24) is 14.8 Å². The second-order valence-electron chi connectivity index (χ2n) is 9.13. The van der Waals surface area contributed by atoms with Crippen molar-refractivity contribution in [2.24, 2.45) is 0 Å². The van der Waals surface area contributed by atoms with E-state index in [1.165, 1.54) is 0 Å². The molecule has 0 spiro atoms. The third-order valence-electron chi connectivity index (χ3n) is 6.19. The minimum atomic E-state index is -0.628. The van der Waals surface area contributed by atoms with Gasteiger partial charge in [0, 0.05) is 49.5 Å². The Balaban J connectivity index is 1.03. The molecule has 2 amide bonds. The molecule has 4 aromatic rings. The number of piperazine rings is 1. The largest absolute Gasteiger partial charge is 0.491 e. The molecule has 1 aliphatic heterocycles. The Kier molecular flexibility index (Phi) is 8.29. The fraction of sp³-hybridized carbons (Fsp3) is 0.286. The normalized spacial score (nSPS) is 14.9. The molecule has 0 aliphatic carbocycles. The lowest BCUT2D eigenvalue weighted by Crippen LogP contribution is -2.51. The van der Waals surface area contributed by atoms with E-state index in [1.54, 1.807) is 40.5 Å². The summed E-state index contributed by atoms with van der Waals surface area (Å²) in [5, 5.41) is 15.1. The summed E-state index contributed by atoms with van der Waals surface area (Å²) in [4.78, 5) is 21.1. The molecule has 1 aromatic heterocycles. The Hall–Kier alpha value is -3.37. The Morgan fingerprint density at radius 1 is 1.03 bits per heavy atom. The van der Waals surface area contributed by atoms with Crippen molar-refractivity contribution in [3.63, 3.8) is 0 Å². The highest BCUT2D eigenvalue weighted by Crippen LogP contribution is 2.26. The maximum absolute atomic E-state index is 12.7. The van der Waals surface area contributed by atoms with Crippen molar-refractivity contribution < 1.29 is 19.4 Å². The number of benzene rings is 3. The summed E-state index contributed by atoms with van der Waals surface area (Å²) in [7, 11) is 0. The monoisotopic (exact) mass is 552 g/mol. The number of hydrogen-bond donors (Lipinski definition) is 2. The SMILES string of the molecule is Cc1nc2cc(OC[C@H](O)CN3CCN(C(=O)Nc4ccc(Oc5ccc(Cl)cc5)cc4)CC3)ccc2s1. The van der Waals surface area contributed by atoms with Gasteiger partial charge in [0.25, 0.3) is 0 Å². The third kappa shape index (κ3) is 6.93. The van der Waals surface area contributed by atoms with E-state index in [2.05, 4.69) is 15.2 Å². The van der Waals surface area contributed by atoms with Crippen LogP contribution in [-0.2, 0) is 0 Å². The number of aromatic nitrogens is 1. The van der Waals surface area contributed by atoms with Crippen LogP contribution in [0.5, 0.6) is 17.2 Å². The molecule has 2 N–H and O–H groups in total. The number of fused-ring (bicyclic) bond motifs is 1. The molecule has 0 saturated carbocycles. The van der Waals surface area contributed by atoms with Crippen LogP contribution < -0.4 is 14.8 Å². The van der Waals surface area contributed by atoms with Crippen LogP contribution in [0.1, 0.15) is 5.01 Å². The zero-order chi connectivity index (χ0) is 26.5. The van der Waals surface area contributed by atoms with E-state index in [0.717, 1.165) is 15.2 Å². The number of amides is 2. The number of ether oxygens (including phenoxy) is 2. The number of anilines is 1. The van der Waals surface area contributed by atoms with Crippen molar-refractivity contribution in [3.8, 4) is 17.2 Å². The molecule has 38 heavy (non-hydrogen) atoms. The quantitative estimate of drug-likeness (QED) is 0.294. The Morgan fingerprint density at radius 2 is 1.68 bits per heavy atom. The summed E-state index contributed by atoms with van der Waals surface area (Å²) in [6.45, 7) is 5.20. The number of nitrogens with zero attached hydrogens (tertiary/aromatic N) is 3. The minimum absolute atomic E-state index is 0.146. The summed E-state index contributed by atoms with van der Waals surface area (Å²) >= 11 is 7.56. The molecular weight excluding hydrogens is 524 g/mol. The van der Waals surface area contributed by atoms with Gasteiger partial charge in [-0.1, -0.05) is 11.6 Å². The maximum atomic E-state index is 12.7. The Labute approximate surface area is 230 Å². The lowest BCUT2D eigenvalue weighted by molar-refractivity contribution is 0.0526. The van der Waals surface area contributed by atoms with Gasteiger partial charge in [-0.15, -0.1) is 11.3 Å². The molecular formula is C28H29ClN4O4S. The zero-order valence-corrected chi connectivity index (χ0v) is 22.5. The molecule has 1 saturated heterocycles. The van der Waals surface area contributed by atoms with E-state index >= 15 is 0 Å². The predicted octanol–water partition coefficient (Wildman–Crippen LogP) is 5.64. The molecule has 5 rings (SSSR count). The van der Waals surface area contributed by atoms with Gasteiger partial charge in [-0.2, -0.15) is 0 Å². The number of aliphatic hydroxyl groups excluding tert-OH is 1. The first-order chi connectivity index (χ1) is 18.4. The molecule has 8 nitrogen and oxygen atoms in total. The smallest absolute Gasteiger partial charge is 0.321 e. The number of halogens is 1. The van der Waals surface area contributed by atoms with Crippen LogP contribution in [0.15, 0.2) is 66.7 Å². The second kappa shape index (κ2) is 12.0. The molecule has 3 aromatic carbocycles. The first-order valence-corrected chi connectivity index (χ1v) is 13.6. The van der Waals surface area contributed by atoms with Crippen LogP contribution in [0.25, 0.3) is 10.2 Å². The highest BCUT2D eigenvalue weighted by Gasteiger charge is 2.23. The van der Waals surface area contributed by atoms with E-state index in [9.17, 15) is 9.90 Å². The first kappa shape index (κ1) is 26.2. The Morgan fingerprint density at radius 3 is 2.39 bits per heavy atom. The number of hydrogen-bond acceptors (Lipinski definition) is 7. The van der Waals surface area contributed by atoms with Gasteiger partial charge >= 0.3 is 6.03 Å². The molecule has 1 atom stereocenters. The number of urea groups is 1. The van der Waals surface area contributed by atoms with Crippen molar-refractivity contribution in [1.29, 1.82) is 0 Å². The van der Waals surface area contributed by atoms with Gasteiger partial charge in [-0.05, 0) is 67.6 Å². The van der Waals surface area contributed by atoms with Crippen LogP contribution in [-0.4, -0.2) is 71.4 Å².